The number of hydrogen-bond donors (Lipinski definition) is 1. The molecular weight excluding hydrogens is 396 g/mol. The molecule has 0 aliphatic carbocycles. The highest BCUT2D eigenvalue weighted by Crippen LogP contribution is 2.41. The van der Waals surface area contributed by atoms with Gasteiger partial charge in [0, 0.05) is 0 Å². The third-order valence-corrected chi connectivity index (χ3v) is 9.53. The smallest absolute Gasteiger partial charge is 0.443 e. The number of halogens is 4. The van der Waals surface area contributed by atoms with Crippen molar-refractivity contribution >= 4 is 24.4 Å². The fraction of sp³-hybridized carbons (Fsp3) is 0.933. The van der Waals surface area contributed by atoms with Crippen molar-refractivity contribution in [1.82, 2.24) is 0 Å². The summed E-state index contributed by atoms with van der Waals surface area (Å²) in [5, 5.41) is -5.95. The lowest BCUT2D eigenvalue weighted by atomic mass is 10.3. The highest BCUT2D eigenvalue weighted by molar-refractivity contribution is 7.87. The second kappa shape index (κ2) is 10.0. The second-order valence-electron chi connectivity index (χ2n) is 6.45. The number of carbonyl (C=O) groups is 1. The van der Waals surface area contributed by atoms with Crippen molar-refractivity contribution in [2.24, 2.45) is 0 Å². The molecule has 0 bridgehead atoms. The van der Waals surface area contributed by atoms with Crippen LogP contribution in [0.5, 0.6) is 0 Å². The topological polar surface area (TPSA) is 80.7 Å². The van der Waals surface area contributed by atoms with Crippen LogP contribution in [0.15, 0.2) is 0 Å². The van der Waals surface area contributed by atoms with Gasteiger partial charge in [-0.1, -0.05) is 59.3 Å². The number of rotatable bonds is 13. The Labute approximate surface area is 153 Å². The lowest BCUT2D eigenvalue weighted by molar-refractivity contribution is -0.197. The van der Waals surface area contributed by atoms with Crippen LogP contribution in [0.25, 0.3) is 0 Å². The van der Waals surface area contributed by atoms with Gasteiger partial charge in [-0.2, -0.15) is 26.0 Å². The van der Waals surface area contributed by atoms with Gasteiger partial charge in [0.1, 0.15) is 0 Å². The fourth-order valence-electron chi connectivity index (χ4n) is 2.57. The van der Waals surface area contributed by atoms with Gasteiger partial charge in [0.25, 0.3) is 8.32 Å². The first-order valence-electron chi connectivity index (χ1n) is 8.77. The van der Waals surface area contributed by atoms with Gasteiger partial charge in [-0.15, -0.1) is 0 Å². The predicted molar refractivity (Wildman–Crippen MR) is 92.4 cm³/mol. The van der Waals surface area contributed by atoms with E-state index in [1.807, 2.05) is 20.8 Å². The maximum atomic E-state index is 13.8. The third-order valence-electron chi connectivity index (χ3n) is 4.21. The van der Waals surface area contributed by atoms with E-state index in [4.69, 9.17) is 8.98 Å². The standard InChI is InChI=1S/C15H28F4O5SSi/c1-4-7-10-26(11-8-5-2,12-9-6-3)24-13(20)14(16,17)15(18,19)25(21,22)23/h4-12H2,1-3H3,(H,21,22,23). The molecule has 11 heteroatoms. The van der Waals surface area contributed by atoms with Crippen LogP contribution in [0.3, 0.4) is 0 Å². The van der Waals surface area contributed by atoms with E-state index in [1.165, 1.54) is 0 Å². The van der Waals surface area contributed by atoms with E-state index >= 15 is 0 Å². The summed E-state index contributed by atoms with van der Waals surface area (Å²) in [6.45, 7) is 5.59. The number of hydrogen-bond acceptors (Lipinski definition) is 4. The molecule has 5 nitrogen and oxygen atoms in total. The molecule has 26 heavy (non-hydrogen) atoms. The van der Waals surface area contributed by atoms with Gasteiger partial charge in [0.05, 0.1) is 0 Å². The molecule has 0 aromatic rings. The Bertz CT molecular complexity index is 532. The molecule has 0 radical (unpaired) electrons. The maximum absolute atomic E-state index is 13.8. The van der Waals surface area contributed by atoms with E-state index in [-0.39, 0.29) is 0 Å². The molecule has 0 atom stereocenters. The predicted octanol–water partition coefficient (Wildman–Crippen LogP) is 4.99. The number of alkyl halides is 4. The normalized spacial score (nSPS) is 13.7. The van der Waals surface area contributed by atoms with Gasteiger partial charge >= 0.3 is 27.3 Å². The molecule has 1 N–H and O–H groups in total. The zero-order valence-corrected chi connectivity index (χ0v) is 17.2. The Hall–Kier alpha value is -0.683. The van der Waals surface area contributed by atoms with Crippen LogP contribution in [0.2, 0.25) is 18.1 Å². The minimum atomic E-state index is -6.48. The molecule has 0 heterocycles. The largest absolute Gasteiger partial charge is 0.514 e. The Morgan fingerprint density at radius 3 is 1.54 bits per heavy atom. The van der Waals surface area contributed by atoms with Crippen LogP contribution in [0.4, 0.5) is 17.6 Å². The average Bonchev–Trinajstić information content (AvgIpc) is 2.54. The molecular formula is C15H28F4O5SSi. The van der Waals surface area contributed by atoms with Crippen molar-refractivity contribution in [2.45, 2.75) is 88.6 Å². The average molecular weight is 425 g/mol. The Morgan fingerprint density at radius 2 is 1.27 bits per heavy atom. The zero-order chi connectivity index (χ0) is 20.6. The van der Waals surface area contributed by atoms with Gasteiger partial charge < -0.3 is 4.43 Å². The van der Waals surface area contributed by atoms with E-state index in [9.17, 15) is 30.8 Å². The van der Waals surface area contributed by atoms with Crippen LogP contribution in [-0.2, 0) is 19.3 Å². The lowest BCUT2D eigenvalue weighted by Gasteiger charge is -2.33. The molecule has 0 aliphatic rings. The minimum absolute atomic E-state index is 0.350. The van der Waals surface area contributed by atoms with Crippen LogP contribution >= 0.6 is 0 Å². The summed E-state index contributed by atoms with van der Waals surface area (Å²) in [5.41, 5.74) is 0. The first kappa shape index (κ1) is 25.3. The molecule has 0 saturated heterocycles. The molecule has 0 fully saturated rings. The van der Waals surface area contributed by atoms with E-state index in [2.05, 4.69) is 0 Å². The van der Waals surface area contributed by atoms with Crippen molar-refractivity contribution in [1.29, 1.82) is 0 Å². The number of carbonyl (C=O) groups excluding carboxylic acids is 1. The fourth-order valence-corrected chi connectivity index (χ4v) is 7.55. The highest BCUT2D eigenvalue weighted by atomic mass is 32.2. The monoisotopic (exact) mass is 424 g/mol. The van der Waals surface area contributed by atoms with Crippen molar-refractivity contribution < 1.29 is 39.8 Å². The van der Waals surface area contributed by atoms with Crippen molar-refractivity contribution in [3.8, 4) is 0 Å². The van der Waals surface area contributed by atoms with Crippen LogP contribution in [0, 0.1) is 0 Å². The Kier molecular flexibility index (Phi) is 9.76. The molecule has 0 saturated carbocycles. The SMILES string of the molecule is CCCC[Si](CCCC)(CCCC)OC(=O)C(F)(F)C(F)(F)S(=O)(=O)O. The third kappa shape index (κ3) is 6.19. The van der Waals surface area contributed by atoms with Gasteiger partial charge in [0.2, 0.25) is 0 Å². The van der Waals surface area contributed by atoms with E-state index < -0.39 is 35.6 Å². The Balaban J connectivity index is 5.73. The molecule has 0 aromatic heterocycles. The molecule has 0 rings (SSSR count). The summed E-state index contributed by atoms with van der Waals surface area (Å²) in [7, 11) is -9.59. The molecule has 0 aliphatic heterocycles. The summed E-state index contributed by atoms with van der Waals surface area (Å²) in [6.07, 6.45) is 3.90. The van der Waals surface area contributed by atoms with E-state index in [1.54, 1.807) is 0 Å². The first-order valence-corrected chi connectivity index (χ1v) is 12.7. The zero-order valence-electron chi connectivity index (χ0n) is 15.4. The van der Waals surface area contributed by atoms with Gasteiger partial charge in [-0.05, 0) is 18.1 Å². The van der Waals surface area contributed by atoms with Gasteiger partial charge in [0.15, 0.2) is 0 Å². The van der Waals surface area contributed by atoms with Crippen molar-refractivity contribution in [3.63, 3.8) is 0 Å². The highest BCUT2D eigenvalue weighted by Gasteiger charge is 2.71. The quantitative estimate of drug-likeness (QED) is 0.256. The maximum Gasteiger partial charge on any atom is 0.443 e. The first-order chi connectivity index (χ1) is 11.8. The lowest BCUT2D eigenvalue weighted by Crippen LogP contribution is -2.55. The van der Waals surface area contributed by atoms with Crippen molar-refractivity contribution in [2.75, 3.05) is 0 Å². The van der Waals surface area contributed by atoms with Crippen LogP contribution in [0.1, 0.15) is 59.3 Å². The number of unbranched alkanes of at least 4 members (excludes halogenated alkanes) is 3. The summed E-state index contributed by atoms with van der Waals surface area (Å²) in [6, 6.07) is 1.05. The van der Waals surface area contributed by atoms with E-state index in [0.717, 1.165) is 0 Å². The van der Waals surface area contributed by atoms with Crippen LogP contribution < -0.4 is 0 Å². The summed E-state index contributed by atoms with van der Waals surface area (Å²) < 4.78 is 89.1. The minimum Gasteiger partial charge on any atom is -0.514 e. The van der Waals surface area contributed by atoms with E-state index in [0.29, 0.717) is 56.7 Å². The molecule has 0 spiro atoms. The van der Waals surface area contributed by atoms with Gasteiger partial charge in [-0.3, -0.25) is 4.55 Å². The molecule has 0 aromatic carbocycles. The molecule has 156 valence electrons. The summed E-state index contributed by atoms with van der Waals surface area (Å²) >= 11 is 0. The van der Waals surface area contributed by atoms with Crippen molar-refractivity contribution in [3.05, 3.63) is 0 Å². The van der Waals surface area contributed by atoms with Gasteiger partial charge in [-0.25, -0.2) is 4.79 Å². The summed E-state index contributed by atoms with van der Waals surface area (Å²) in [4.78, 5) is 11.9. The molecule has 0 unspecified atom stereocenters. The second-order valence-corrected chi connectivity index (χ2v) is 12.0. The molecule has 0 amide bonds. The van der Waals surface area contributed by atoms with Crippen LogP contribution in [-0.4, -0.2) is 38.4 Å². The summed E-state index contributed by atoms with van der Waals surface area (Å²) in [5.74, 6) is -8.24. The Morgan fingerprint density at radius 1 is 0.923 bits per heavy atom.